The topological polar surface area (TPSA) is 155 Å². The molecule has 1 aromatic rings. The average Bonchev–Trinajstić information content (AvgIpc) is 3.44. The van der Waals surface area contributed by atoms with Crippen LogP contribution < -0.4 is 10.5 Å². The maximum Gasteiger partial charge on any atom is 0.267 e. The number of aliphatic hydroxyl groups is 2. The fourth-order valence-corrected chi connectivity index (χ4v) is 10.6. The first-order valence-corrected chi connectivity index (χ1v) is 16.2. The Hall–Kier alpha value is -1.14. The summed E-state index contributed by atoms with van der Waals surface area (Å²) in [6.07, 6.45) is 8.83. The lowest BCUT2D eigenvalue weighted by molar-refractivity contribution is -0.174. The summed E-state index contributed by atoms with van der Waals surface area (Å²) in [4.78, 5) is 12.6. The van der Waals surface area contributed by atoms with Crippen LogP contribution in [-0.2, 0) is 14.8 Å². The van der Waals surface area contributed by atoms with Crippen molar-refractivity contribution in [2.24, 2.45) is 51.5 Å². The van der Waals surface area contributed by atoms with Crippen LogP contribution in [0.15, 0.2) is 4.34 Å². The van der Waals surface area contributed by atoms with E-state index in [9.17, 15) is 23.4 Å². The first-order chi connectivity index (χ1) is 17.3. The zero-order valence-electron chi connectivity index (χ0n) is 22.1. The fraction of sp³-hybridized carbons (Fsp3) is 0.885. The highest BCUT2D eigenvalue weighted by Crippen LogP contribution is 2.68. The van der Waals surface area contributed by atoms with E-state index in [2.05, 4.69) is 36.3 Å². The van der Waals surface area contributed by atoms with Crippen molar-refractivity contribution in [3.05, 3.63) is 0 Å². The van der Waals surface area contributed by atoms with Gasteiger partial charge in [-0.1, -0.05) is 32.1 Å². The molecule has 3 unspecified atom stereocenters. The molecule has 11 heteroatoms. The van der Waals surface area contributed by atoms with Gasteiger partial charge in [0.2, 0.25) is 15.4 Å². The third-order valence-electron chi connectivity index (χ3n) is 11.2. The Kier molecular flexibility index (Phi) is 7.26. The van der Waals surface area contributed by atoms with E-state index in [1.165, 1.54) is 12.8 Å². The summed E-state index contributed by atoms with van der Waals surface area (Å²) in [7, 11) is -3.94. The maximum absolute atomic E-state index is 12.6. The molecule has 5 rings (SSSR count). The molecule has 1 aromatic heterocycles. The number of nitrogens with two attached hydrogens (primary N) is 1. The number of rotatable bonds is 6. The number of aliphatic hydroxyl groups excluding tert-OH is 2. The molecule has 0 aromatic carbocycles. The van der Waals surface area contributed by atoms with Crippen molar-refractivity contribution in [2.75, 3.05) is 5.32 Å². The van der Waals surface area contributed by atoms with Gasteiger partial charge in [-0.25, -0.2) is 13.6 Å². The number of nitrogens with one attached hydrogen (secondary N) is 1. The molecule has 4 saturated carbocycles. The minimum atomic E-state index is -3.94. The van der Waals surface area contributed by atoms with E-state index >= 15 is 0 Å². The van der Waals surface area contributed by atoms with Gasteiger partial charge in [-0.2, -0.15) is 0 Å². The second-order valence-electron chi connectivity index (χ2n) is 12.9. The molecule has 4 fully saturated rings. The van der Waals surface area contributed by atoms with Crippen molar-refractivity contribution in [3.63, 3.8) is 0 Å². The first-order valence-electron chi connectivity index (χ1n) is 13.9. The Morgan fingerprint density at radius 2 is 1.89 bits per heavy atom. The summed E-state index contributed by atoms with van der Waals surface area (Å²) in [5.74, 6) is 2.65. The molecule has 0 bridgehead atoms. The Morgan fingerprint density at radius 3 is 2.59 bits per heavy atom. The highest BCUT2D eigenvalue weighted by molar-refractivity contribution is 7.91. The number of amides is 1. The zero-order valence-corrected chi connectivity index (χ0v) is 23.7. The number of aromatic nitrogens is 2. The van der Waals surface area contributed by atoms with Crippen LogP contribution in [0.3, 0.4) is 0 Å². The molecule has 0 aliphatic heterocycles. The Labute approximate surface area is 224 Å². The molecule has 9 nitrogen and oxygen atoms in total. The quantitative estimate of drug-likeness (QED) is 0.392. The van der Waals surface area contributed by atoms with Crippen LogP contribution in [0.1, 0.15) is 85.0 Å². The van der Waals surface area contributed by atoms with Crippen molar-refractivity contribution >= 4 is 32.4 Å². The normalized spacial score (nSPS) is 42.4. The number of sulfonamides is 1. The molecular formula is C26H42N4O5S2. The third-order valence-corrected chi connectivity index (χ3v) is 13.4. The third kappa shape index (κ3) is 4.77. The zero-order chi connectivity index (χ0) is 26.8. The largest absolute Gasteiger partial charge is 0.393 e. The summed E-state index contributed by atoms with van der Waals surface area (Å²) in [6.45, 7) is 6.95. The van der Waals surface area contributed by atoms with E-state index < -0.39 is 10.0 Å². The molecular weight excluding hydrogens is 512 g/mol. The molecule has 4 aliphatic rings. The van der Waals surface area contributed by atoms with E-state index in [0.717, 1.165) is 49.9 Å². The van der Waals surface area contributed by atoms with Gasteiger partial charge >= 0.3 is 0 Å². The molecule has 0 spiro atoms. The minimum Gasteiger partial charge on any atom is -0.393 e. The van der Waals surface area contributed by atoms with E-state index in [4.69, 9.17) is 5.14 Å². The summed E-state index contributed by atoms with van der Waals surface area (Å²) in [5, 5.41) is 37.1. The second kappa shape index (κ2) is 9.80. The highest BCUT2D eigenvalue weighted by Gasteiger charge is 2.63. The molecule has 0 radical (unpaired) electrons. The summed E-state index contributed by atoms with van der Waals surface area (Å²) >= 11 is 0.746. The lowest BCUT2D eigenvalue weighted by Gasteiger charge is -2.62. The van der Waals surface area contributed by atoms with Crippen molar-refractivity contribution in [3.8, 4) is 0 Å². The first kappa shape index (κ1) is 27.4. The Morgan fingerprint density at radius 1 is 1.14 bits per heavy atom. The number of anilines is 1. The number of hydrogen-bond acceptors (Lipinski definition) is 8. The Bertz CT molecular complexity index is 1130. The molecule has 5 N–H and O–H groups in total. The van der Waals surface area contributed by atoms with Crippen LogP contribution in [-0.4, -0.2) is 46.9 Å². The minimum absolute atomic E-state index is 0.127. The van der Waals surface area contributed by atoms with Gasteiger partial charge in [0.15, 0.2) is 0 Å². The van der Waals surface area contributed by atoms with Gasteiger partial charge in [-0.05, 0) is 104 Å². The standard InChI is InChI=1S/C26H42N4O5S2/c1-14(4-9-22(33)28-23-29-30-24(36-23)37(27,34)35)18-7-8-19-17-6-5-15-12-16(31)10-11-25(15,2)20(17)13-21(32)26(18,19)3/h14-21,31-32H,4-13H2,1-3H3,(H2,27,34,35)(H,28,29,33)/t14-,15-,16-,17?,18-,19?,20?,21+,25+,26-/m1/s1. The van der Waals surface area contributed by atoms with Crippen LogP contribution >= 0.6 is 11.3 Å². The van der Waals surface area contributed by atoms with E-state index in [1.54, 1.807) is 0 Å². The van der Waals surface area contributed by atoms with Crippen molar-refractivity contribution in [1.82, 2.24) is 10.2 Å². The molecule has 1 heterocycles. The van der Waals surface area contributed by atoms with Crippen LogP contribution in [0.4, 0.5) is 5.13 Å². The number of primary sulfonamides is 1. The summed E-state index contributed by atoms with van der Waals surface area (Å²) < 4.78 is 22.5. The van der Waals surface area contributed by atoms with Crippen molar-refractivity contribution in [2.45, 2.75) is 102 Å². The van der Waals surface area contributed by atoms with Crippen LogP contribution in [0.2, 0.25) is 0 Å². The van der Waals surface area contributed by atoms with Gasteiger partial charge in [-0.15, -0.1) is 10.2 Å². The second-order valence-corrected chi connectivity index (χ2v) is 15.6. The van der Waals surface area contributed by atoms with Crippen LogP contribution in [0, 0.1) is 46.3 Å². The van der Waals surface area contributed by atoms with Gasteiger partial charge in [0.25, 0.3) is 10.0 Å². The monoisotopic (exact) mass is 554 g/mol. The predicted octanol–water partition coefficient (Wildman–Crippen LogP) is 3.53. The van der Waals surface area contributed by atoms with Crippen LogP contribution in [0.25, 0.3) is 0 Å². The van der Waals surface area contributed by atoms with E-state index in [-0.39, 0.29) is 44.3 Å². The lowest BCUT2D eigenvalue weighted by atomic mass is 9.43. The van der Waals surface area contributed by atoms with Gasteiger partial charge < -0.3 is 15.5 Å². The fourth-order valence-electron chi connectivity index (χ4n) is 9.28. The summed E-state index contributed by atoms with van der Waals surface area (Å²) in [5.41, 5.74) is 0.0814. The molecule has 208 valence electrons. The van der Waals surface area contributed by atoms with Gasteiger partial charge in [-0.3, -0.25) is 4.79 Å². The Balaban J connectivity index is 1.23. The van der Waals surface area contributed by atoms with Crippen LogP contribution in [0.5, 0.6) is 0 Å². The molecule has 37 heavy (non-hydrogen) atoms. The van der Waals surface area contributed by atoms with Crippen molar-refractivity contribution in [1.29, 1.82) is 0 Å². The highest BCUT2D eigenvalue weighted by atomic mass is 32.2. The molecule has 4 aliphatic carbocycles. The van der Waals surface area contributed by atoms with Crippen molar-refractivity contribution < 1.29 is 23.4 Å². The maximum atomic E-state index is 12.6. The van der Waals surface area contributed by atoms with E-state index in [0.29, 0.717) is 42.4 Å². The summed E-state index contributed by atoms with van der Waals surface area (Å²) in [6, 6.07) is 0. The number of carbonyl (C=O) groups excluding carboxylic acids is 1. The van der Waals surface area contributed by atoms with Gasteiger partial charge in [0.1, 0.15) is 0 Å². The lowest BCUT2D eigenvalue weighted by Crippen LogP contribution is -2.58. The molecule has 0 saturated heterocycles. The number of hydrogen-bond donors (Lipinski definition) is 4. The molecule has 1 amide bonds. The molecule has 10 atom stereocenters. The van der Waals surface area contributed by atoms with Gasteiger partial charge in [0, 0.05) is 6.42 Å². The number of fused-ring (bicyclic) bond motifs is 5. The van der Waals surface area contributed by atoms with Gasteiger partial charge in [0.05, 0.1) is 12.2 Å². The predicted molar refractivity (Wildman–Crippen MR) is 141 cm³/mol. The SMILES string of the molecule is C[C@H](CCC(=O)Nc1nnc(S(N)(=O)=O)s1)[C@H]1CCC2C3CC[C@@H]4C[C@H](O)CC[C@]4(C)C3C[C@H](O)[C@@]21C. The smallest absolute Gasteiger partial charge is 0.267 e. The van der Waals surface area contributed by atoms with E-state index in [1.807, 2.05) is 0 Å². The average molecular weight is 555 g/mol. The number of nitrogens with zero attached hydrogens (tertiary/aromatic N) is 2. The number of carbonyl (C=O) groups is 1.